The predicted octanol–water partition coefficient (Wildman–Crippen LogP) is 3.44. The fourth-order valence-electron chi connectivity index (χ4n) is 2.91. The third kappa shape index (κ3) is 4.65. The number of hydrogen-bond donors (Lipinski definition) is 0. The quantitative estimate of drug-likeness (QED) is 0.558. The number of amides is 1. The van der Waals surface area contributed by atoms with Crippen molar-refractivity contribution in [3.05, 3.63) is 59.4 Å². The minimum absolute atomic E-state index is 0.00877. The van der Waals surface area contributed by atoms with Crippen LogP contribution >= 0.6 is 23.4 Å². The summed E-state index contributed by atoms with van der Waals surface area (Å²) in [7, 11) is 1.78. The maximum absolute atomic E-state index is 12.6. The number of hydrogen-bond acceptors (Lipinski definition) is 6. The average Bonchev–Trinajstić information content (AvgIpc) is 3.20. The van der Waals surface area contributed by atoms with E-state index < -0.39 is 0 Å². The summed E-state index contributed by atoms with van der Waals surface area (Å²) in [4.78, 5) is 14.3. The first-order valence-corrected chi connectivity index (χ1v) is 10.4. The summed E-state index contributed by atoms with van der Waals surface area (Å²) in [6.45, 7) is 1.58. The van der Waals surface area contributed by atoms with Crippen molar-refractivity contribution in [1.29, 1.82) is 0 Å². The Morgan fingerprint density at radius 1 is 1.21 bits per heavy atom. The van der Waals surface area contributed by atoms with Crippen molar-refractivity contribution in [2.24, 2.45) is 0 Å². The van der Waals surface area contributed by atoms with Crippen LogP contribution < -0.4 is 9.47 Å². The number of rotatable bonds is 6. The van der Waals surface area contributed by atoms with Crippen molar-refractivity contribution in [3.8, 4) is 17.2 Å². The van der Waals surface area contributed by atoms with E-state index in [1.54, 1.807) is 24.3 Å². The summed E-state index contributed by atoms with van der Waals surface area (Å²) in [6, 6.07) is 13.1. The summed E-state index contributed by atoms with van der Waals surface area (Å²) < 4.78 is 12.9. The molecular formula is C20H19ClN4O3S. The summed E-state index contributed by atoms with van der Waals surface area (Å²) in [5, 5.41) is 9.34. The van der Waals surface area contributed by atoms with E-state index in [-0.39, 0.29) is 11.7 Å². The molecule has 0 saturated heterocycles. The number of halogens is 1. The van der Waals surface area contributed by atoms with Gasteiger partial charge in [-0.1, -0.05) is 35.5 Å². The van der Waals surface area contributed by atoms with Gasteiger partial charge in [-0.15, -0.1) is 10.2 Å². The zero-order chi connectivity index (χ0) is 20.2. The average molecular weight is 431 g/mol. The molecule has 150 valence electrons. The first-order valence-electron chi connectivity index (χ1n) is 9.01. The number of carbonyl (C=O) groups is 1. The van der Waals surface area contributed by atoms with Gasteiger partial charge in [0.1, 0.15) is 19.5 Å². The molecule has 3 aromatic rings. The highest BCUT2D eigenvalue weighted by Gasteiger charge is 2.16. The molecule has 1 aliphatic rings. The Hall–Kier alpha value is -2.71. The normalized spacial score (nSPS) is 12.6. The summed E-state index contributed by atoms with van der Waals surface area (Å²) in [5.41, 5.74) is 1.83. The van der Waals surface area contributed by atoms with E-state index in [2.05, 4.69) is 10.2 Å². The molecule has 1 aromatic heterocycles. The minimum Gasteiger partial charge on any atom is -0.486 e. The molecule has 9 heteroatoms. The van der Waals surface area contributed by atoms with Gasteiger partial charge in [-0.05, 0) is 35.9 Å². The Morgan fingerprint density at radius 3 is 2.86 bits per heavy atom. The van der Waals surface area contributed by atoms with Crippen LogP contribution in [-0.4, -0.2) is 51.6 Å². The van der Waals surface area contributed by atoms with Gasteiger partial charge in [-0.25, -0.2) is 0 Å². The first-order chi connectivity index (χ1) is 14.1. The molecule has 0 fully saturated rings. The van der Waals surface area contributed by atoms with Gasteiger partial charge in [-0.3, -0.25) is 9.36 Å². The van der Waals surface area contributed by atoms with Crippen LogP contribution in [0.3, 0.4) is 0 Å². The molecule has 0 radical (unpaired) electrons. The molecule has 0 N–H and O–H groups in total. The Morgan fingerprint density at radius 2 is 2.03 bits per heavy atom. The van der Waals surface area contributed by atoms with Gasteiger partial charge < -0.3 is 14.4 Å². The van der Waals surface area contributed by atoms with Gasteiger partial charge in [-0.2, -0.15) is 0 Å². The van der Waals surface area contributed by atoms with Gasteiger partial charge in [0, 0.05) is 18.6 Å². The van der Waals surface area contributed by atoms with Gasteiger partial charge in [0.25, 0.3) is 0 Å². The molecule has 0 spiro atoms. The fourth-order valence-corrected chi connectivity index (χ4v) is 3.96. The second-order valence-electron chi connectivity index (χ2n) is 6.48. The molecule has 7 nitrogen and oxygen atoms in total. The second-order valence-corrected chi connectivity index (χ2v) is 7.86. The molecule has 2 aromatic carbocycles. The molecule has 29 heavy (non-hydrogen) atoms. The molecule has 0 saturated carbocycles. The number of nitrogens with zero attached hydrogens (tertiary/aromatic N) is 4. The highest BCUT2D eigenvalue weighted by molar-refractivity contribution is 7.99. The number of benzene rings is 2. The second kappa shape index (κ2) is 8.75. The SMILES string of the molecule is CN(Cc1ccc2c(c1)OCCO2)C(=O)CSc1nncn1-c1cccc(Cl)c1. The molecular weight excluding hydrogens is 412 g/mol. The number of thioether (sulfide) groups is 1. The number of aromatic nitrogens is 3. The third-order valence-electron chi connectivity index (χ3n) is 4.38. The maximum Gasteiger partial charge on any atom is 0.233 e. The standard InChI is InChI=1S/C20H19ClN4O3S/c1-24(11-14-5-6-17-18(9-14)28-8-7-27-17)19(26)12-29-20-23-22-13-25(20)16-4-2-3-15(21)10-16/h2-6,9-10,13H,7-8,11-12H2,1H3. The highest BCUT2D eigenvalue weighted by atomic mass is 35.5. The molecule has 1 amide bonds. The van der Waals surface area contributed by atoms with Crippen LogP contribution in [0.5, 0.6) is 11.5 Å². The smallest absolute Gasteiger partial charge is 0.233 e. The molecule has 1 aliphatic heterocycles. The van der Waals surface area contributed by atoms with Crippen LogP contribution in [0.15, 0.2) is 53.9 Å². The Bertz CT molecular complexity index is 1030. The van der Waals surface area contributed by atoms with E-state index in [1.807, 2.05) is 41.0 Å². The number of carbonyl (C=O) groups excluding carboxylic acids is 1. The number of ether oxygens (including phenoxy) is 2. The van der Waals surface area contributed by atoms with Gasteiger partial charge >= 0.3 is 0 Å². The molecule has 2 heterocycles. The van der Waals surface area contributed by atoms with E-state index in [1.165, 1.54) is 11.8 Å². The van der Waals surface area contributed by atoms with Crippen molar-refractivity contribution in [3.63, 3.8) is 0 Å². The lowest BCUT2D eigenvalue weighted by Gasteiger charge is -2.21. The topological polar surface area (TPSA) is 69.5 Å². The van der Waals surface area contributed by atoms with Crippen LogP contribution in [-0.2, 0) is 11.3 Å². The lowest BCUT2D eigenvalue weighted by atomic mass is 10.2. The van der Waals surface area contributed by atoms with Crippen LogP contribution in [0.4, 0.5) is 0 Å². The van der Waals surface area contributed by atoms with Crippen molar-refractivity contribution in [1.82, 2.24) is 19.7 Å². The van der Waals surface area contributed by atoms with E-state index in [0.29, 0.717) is 29.9 Å². The number of fused-ring (bicyclic) bond motifs is 1. The summed E-state index contributed by atoms with van der Waals surface area (Å²) >= 11 is 7.40. The molecule has 0 unspecified atom stereocenters. The van der Waals surface area contributed by atoms with Crippen molar-refractivity contribution in [2.45, 2.75) is 11.7 Å². The van der Waals surface area contributed by atoms with Crippen LogP contribution in [0.25, 0.3) is 5.69 Å². The highest BCUT2D eigenvalue weighted by Crippen LogP contribution is 2.31. The van der Waals surface area contributed by atoms with Gasteiger partial charge in [0.2, 0.25) is 5.91 Å². The van der Waals surface area contributed by atoms with E-state index in [4.69, 9.17) is 21.1 Å². The van der Waals surface area contributed by atoms with Crippen molar-refractivity contribution >= 4 is 29.3 Å². The molecule has 0 aliphatic carbocycles. The Kier molecular flexibility index (Phi) is 5.92. The first kappa shape index (κ1) is 19.6. The maximum atomic E-state index is 12.6. The van der Waals surface area contributed by atoms with E-state index in [0.717, 1.165) is 22.7 Å². The Labute approximate surface area is 177 Å². The van der Waals surface area contributed by atoms with E-state index in [9.17, 15) is 4.79 Å². The largest absolute Gasteiger partial charge is 0.486 e. The minimum atomic E-state index is -0.00877. The zero-order valence-electron chi connectivity index (χ0n) is 15.7. The van der Waals surface area contributed by atoms with Crippen LogP contribution in [0, 0.1) is 0 Å². The molecule has 0 atom stereocenters. The zero-order valence-corrected chi connectivity index (χ0v) is 17.3. The summed E-state index contributed by atoms with van der Waals surface area (Å²) in [5.74, 6) is 1.70. The molecule has 0 bridgehead atoms. The van der Waals surface area contributed by atoms with Gasteiger partial charge in [0.05, 0.1) is 11.4 Å². The third-order valence-corrected chi connectivity index (χ3v) is 5.54. The molecule has 4 rings (SSSR count). The predicted molar refractivity (Wildman–Crippen MR) is 111 cm³/mol. The fraction of sp³-hybridized carbons (Fsp3) is 0.250. The van der Waals surface area contributed by atoms with Gasteiger partial charge in [0.15, 0.2) is 16.7 Å². The van der Waals surface area contributed by atoms with E-state index >= 15 is 0 Å². The van der Waals surface area contributed by atoms with Crippen molar-refractivity contribution in [2.75, 3.05) is 26.0 Å². The monoisotopic (exact) mass is 430 g/mol. The summed E-state index contributed by atoms with van der Waals surface area (Å²) in [6.07, 6.45) is 1.61. The Balaban J connectivity index is 1.37. The lowest BCUT2D eigenvalue weighted by molar-refractivity contribution is -0.127. The van der Waals surface area contributed by atoms with Crippen molar-refractivity contribution < 1.29 is 14.3 Å². The van der Waals surface area contributed by atoms with Crippen LogP contribution in [0.2, 0.25) is 5.02 Å². The van der Waals surface area contributed by atoms with Crippen LogP contribution in [0.1, 0.15) is 5.56 Å². The lowest BCUT2D eigenvalue weighted by Crippen LogP contribution is -2.28.